The lowest BCUT2D eigenvalue weighted by Gasteiger charge is -2.05. The molecule has 0 unspecified atom stereocenters. The zero-order valence-corrected chi connectivity index (χ0v) is 19.6. The minimum atomic E-state index is -0.254. The second-order valence-electron chi connectivity index (χ2n) is 7.97. The van der Waals surface area contributed by atoms with Gasteiger partial charge < -0.3 is 4.74 Å². The quantitative estimate of drug-likeness (QED) is 0.0766. The number of unbranched alkanes of at least 4 members (excludes halogenated alkanes) is 17. The van der Waals surface area contributed by atoms with Gasteiger partial charge in [0.25, 0.3) is 0 Å². The van der Waals surface area contributed by atoms with E-state index in [-0.39, 0.29) is 5.97 Å². The minimum Gasteiger partial charge on any atom is -0.462 e. The van der Waals surface area contributed by atoms with E-state index in [4.69, 9.17) is 4.74 Å². The van der Waals surface area contributed by atoms with Crippen molar-refractivity contribution in [2.45, 2.75) is 122 Å². The fraction of sp³-hybridized carbons (Fsp3) is 0.875. The molecular weight excluding hydrogens is 400 g/mol. The van der Waals surface area contributed by atoms with E-state index < -0.39 is 0 Å². The van der Waals surface area contributed by atoms with Crippen molar-refractivity contribution in [2.24, 2.45) is 0 Å². The summed E-state index contributed by atoms with van der Waals surface area (Å²) in [6, 6.07) is 0. The van der Waals surface area contributed by atoms with Gasteiger partial charge in [-0.1, -0.05) is 125 Å². The standard InChI is InChI=1S/C24H45BrO2/c1-23(2)24(26)27-22-20-18-16-14-12-10-8-6-4-3-5-7-9-11-13-15-17-19-21-25/h1,3-22H2,2H3. The molecule has 0 fully saturated rings. The second-order valence-corrected chi connectivity index (χ2v) is 8.76. The van der Waals surface area contributed by atoms with E-state index in [1.54, 1.807) is 6.92 Å². The summed E-state index contributed by atoms with van der Waals surface area (Å²) in [6.45, 7) is 5.82. The van der Waals surface area contributed by atoms with Crippen molar-refractivity contribution < 1.29 is 9.53 Å². The Bertz CT molecular complexity index is 341. The Morgan fingerprint density at radius 1 is 0.630 bits per heavy atom. The molecular formula is C24H45BrO2. The van der Waals surface area contributed by atoms with E-state index in [0.717, 1.165) is 6.42 Å². The van der Waals surface area contributed by atoms with E-state index in [1.807, 2.05) is 0 Å². The average Bonchev–Trinajstić information content (AvgIpc) is 2.66. The lowest BCUT2D eigenvalue weighted by molar-refractivity contribution is -0.139. The number of carbonyl (C=O) groups is 1. The van der Waals surface area contributed by atoms with Gasteiger partial charge in [0.2, 0.25) is 0 Å². The molecule has 0 aromatic heterocycles. The van der Waals surface area contributed by atoms with Gasteiger partial charge in [-0.25, -0.2) is 4.79 Å². The van der Waals surface area contributed by atoms with Gasteiger partial charge in [0, 0.05) is 10.9 Å². The average molecular weight is 446 g/mol. The molecule has 0 heterocycles. The Kier molecular flexibility index (Phi) is 21.7. The first kappa shape index (κ1) is 26.7. The van der Waals surface area contributed by atoms with Crippen LogP contribution in [0.25, 0.3) is 0 Å². The van der Waals surface area contributed by atoms with Crippen LogP contribution in [0.4, 0.5) is 0 Å². The molecule has 3 heteroatoms. The van der Waals surface area contributed by atoms with Crippen LogP contribution < -0.4 is 0 Å². The van der Waals surface area contributed by atoms with Crippen LogP contribution >= 0.6 is 15.9 Å². The summed E-state index contributed by atoms with van der Waals surface area (Å²) in [7, 11) is 0. The summed E-state index contributed by atoms with van der Waals surface area (Å²) >= 11 is 3.49. The Labute approximate surface area is 178 Å². The summed E-state index contributed by atoms with van der Waals surface area (Å²) in [5.74, 6) is -0.254. The van der Waals surface area contributed by atoms with Crippen molar-refractivity contribution >= 4 is 21.9 Å². The Morgan fingerprint density at radius 2 is 0.926 bits per heavy atom. The Hall–Kier alpha value is -0.310. The predicted molar refractivity (Wildman–Crippen MR) is 123 cm³/mol. The van der Waals surface area contributed by atoms with Crippen LogP contribution in [0.2, 0.25) is 0 Å². The zero-order valence-electron chi connectivity index (χ0n) is 18.0. The van der Waals surface area contributed by atoms with E-state index >= 15 is 0 Å². The van der Waals surface area contributed by atoms with Crippen LogP contribution in [0.3, 0.4) is 0 Å². The number of rotatable bonds is 21. The predicted octanol–water partition coefficient (Wildman–Crippen LogP) is 8.52. The van der Waals surface area contributed by atoms with Gasteiger partial charge in [0.05, 0.1) is 6.61 Å². The van der Waals surface area contributed by atoms with Crippen molar-refractivity contribution in [3.05, 3.63) is 12.2 Å². The zero-order chi connectivity index (χ0) is 20.0. The minimum absolute atomic E-state index is 0.254. The fourth-order valence-corrected chi connectivity index (χ4v) is 3.71. The normalized spacial score (nSPS) is 10.9. The topological polar surface area (TPSA) is 26.3 Å². The SMILES string of the molecule is C=C(C)C(=O)OCCCCCCCCCCCCCCCCCCCCBr. The molecule has 27 heavy (non-hydrogen) atoms. The summed E-state index contributed by atoms with van der Waals surface area (Å²) < 4.78 is 5.10. The molecule has 0 saturated carbocycles. The maximum absolute atomic E-state index is 11.2. The van der Waals surface area contributed by atoms with Crippen LogP contribution in [-0.2, 0) is 9.53 Å². The second kappa shape index (κ2) is 22.0. The molecule has 0 atom stereocenters. The molecule has 0 aromatic rings. The molecule has 0 amide bonds. The van der Waals surface area contributed by atoms with Crippen molar-refractivity contribution in [2.75, 3.05) is 11.9 Å². The monoisotopic (exact) mass is 444 g/mol. The molecule has 0 saturated heterocycles. The maximum atomic E-state index is 11.2. The molecule has 0 radical (unpaired) electrons. The molecule has 0 aliphatic heterocycles. The smallest absolute Gasteiger partial charge is 0.333 e. The van der Waals surface area contributed by atoms with Gasteiger partial charge in [-0.3, -0.25) is 0 Å². The molecule has 0 aliphatic rings. The highest BCUT2D eigenvalue weighted by atomic mass is 79.9. The van der Waals surface area contributed by atoms with Crippen molar-refractivity contribution in [3.8, 4) is 0 Å². The Balaban J connectivity index is 3.05. The van der Waals surface area contributed by atoms with Crippen LogP contribution in [0.1, 0.15) is 122 Å². The third kappa shape index (κ3) is 21.8. The van der Waals surface area contributed by atoms with Crippen LogP contribution in [0.5, 0.6) is 0 Å². The molecule has 0 N–H and O–H groups in total. The number of alkyl halides is 1. The van der Waals surface area contributed by atoms with Crippen LogP contribution in [0.15, 0.2) is 12.2 Å². The van der Waals surface area contributed by atoms with Crippen molar-refractivity contribution in [3.63, 3.8) is 0 Å². The summed E-state index contributed by atoms with van der Waals surface area (Å²) in [4.78, 5) is 11.2. The summed E-state index contributed by atoms with van der Waals surface area (Å²) in [5.41, 5.74) is 0.492. The Morgan fingerprint density at radius 3 is 1.22 bits per heavy atom. The maximum Gasteiger partial charge on any atom is 0.333 e. The molecule has 160 valence electrons. The molecule has 0 spiro atoms. The summed E-state index contributed by atoms with van der Waals surface area (Å²) in [6.07, 6.45) is 24.6. The van der Waals surface area contributed by atoms with Crippen molar-refractivity contribution in [1.29, 1.82) is 0 Å². The highest BCUT2D eigenvalue weighted by Gasteiger charge is 2.01. The number of ether oxygens (including phenoxy) is 1. The number of halogens is 1. The van der Waals surface area contributed by atoms with E-state index in [0.29, 0.717) is 12.2 Å². The number of hydrogen-bond acceptors (Lipinski definition) is 2. The van der Waals surface area contributed by atoms with Gasteiger partial charge in [-0.2, -0.15) is 0 Å². The molecule has 0 aliphatic carbocycles. The van der Waals surface area contributed by atoms with Gasteiger partial charge >= 0.3 is 5.97 Å². The van der Waals surface area contributed by atoms with Gasteiger partial charge in [-0.05, 0) is 19.8 Å². The lowest BCUT2D eigenvalue weighted by atomic mass is 10.0. The third-order valence-electron chi connectivity index (χ3n) is 5.11. The fourth-order valence-electron chi connectivity index (χ4n) is 3.31. The first-order chi connectivity index (χ1) is 13.2. The molecule has 2 nitrogen and oxygen atoms in total. The van der Waals surface area contributed by atoms with E-state index in [1.165, 1.54) is 114 Å². The number of esters is 1. The molecule has 0 aromatic carbocycles. The molecule has 0 bridgehead atoms. The first-order valence-corrected chi connectivity index (χ1v) is 12.7. The lowest BCUT2D eigenvalue weighted by Crippen LogP contribution is -2.05. The molecule has 0 rings (SSSR count). The highest BCUT2D eigenvalue weighted by molar-refractivity contribution is 9.09. The third-order valence-corrected chi connectivity index (χ3v) is 5.67. The van der Waals surface area contributed by atoms with Crippen LogP contribution in [0, 0.1) is 0 Å². The number of carbonyl (C=O) groups excluding carboxylic acids is 1. The van der Waals surface area contributed by atoms with Crippen molar-refractivity contribution in [1.82, 2.24) is 0 Å². The van der Waals surface area contributed by atoms with E-state index in [2.05, 4.69) is 22.5 Å². The summed E-state index contributed by atoms with van der Waals surface area (Å²) in [5, 5.41) is 1.17. The van der Waals surface area contributed by atoms with Gasteiger partial charge in [0.1, 0.15) is 0 Å². The first-order valence-electron chi connectivity index (χ1n) is 11.6. The highest BCUT2D eigenvalue weighted by Crippen LogP contribution is 2.14. The number of hydrogen-bond donors (Lipinski definition) is 0. The largest absolute Gasteiger partial charge is 0.462 e. The van der Waals surface area contributed by atoms with E-state index in [9.17, 15) is 4.79 Å². The van der Waals surface area contributed by atoms with Crippen LogP contribution in [-0.4, -0.2) is 17.9 Å². The van der Waals surface area contributed by atoms with Gasteiger partial charge in [0.15, 0.2) is 0 Å². The van der Waals surface area contributed by atoms with Gasteiger partial charge in [-0.15, -0.1) is 0 Å².